The Hall–Kier alpha value is -1.83. The van der Waals surface area contributed by atoms with Crippen molar-refractivity contribution in [2.45, 2.75) is 13.0 Å². The monoisotopic (exact) mass is 210 g/mol. The summed E-state index contributed by atoms with van der Waals surface area (Å²) < 4.78 is 0. The lowest BCUT2D eigenvalue weighted by molar-refractivity contribution is 0.513. The first kappa shape index (κ1) is 9.40. The van der Waals surface area contributed by atoms with Crippen LogP contribution in [0.3, 0.4) is 0 Å². The van der Waals surface area contributed by atoms with Crippen molar-refractivity contribution in [3.05, 3.63) is 59.8 Å². The Balaban J connectivity index is 1.92. The van der Waals surface area contributed by atoms with Crippen molar-refractivity contribution in [3.8, 4) is 0 Å². The molecule has 2 aliphatic heterocycles. The molecule has 1 aromatic rings. The SMILES string of the molecule is CC1=CC=CC2=NC(c3ccccc3)CN12. The minimum atomic E-state index is 0.280. The first-order valence-corrected chi connectivity index (χ1v) is 5.60. The van der Waals surface area contributed by atoms with Crippen LogP contribution in [0.2, 0.25) is 0 Å². The predicted octanol–water partition coefficient (Wildman–Crippen LogP) is 2.92. The maximum absolute atomic E-state index is 4.75. The molecule has 0 aliphatic carbocycles. The quantitative estimate of drug-likeness (QED) is 0.696. The zero-order valence-corrected chi connectivity index (χ0v) is 9.30. The van der Waals surface area contributed by atoms with Gasteiger partial charge in [-0.15, -0.1) is 0 Å². The van der Waals surface area contributed by atoms with Crippen LogP contribution in [-0.2, 0) is 0 Å². The van der Waals surface area contributed by atoms with Gasteiger partial charge in [-0.1, -0.05) is 36.4 Å². The van der Waals surface area contributed by atoms with Gasteiger partial charge in [-0.3, -0.25) is 4.99 Å². The van der Waals surface area contributed by atoms with Crippen molar-refractivity contribution in [1.82, 2.24) is 4.90 Å². The molecule has 0 radical (unpaired) electrons. The average Bonchev–Trinajstić information content (AvgIpc) is 2.76. The Morgan fingerprint density at radius 2 is 2.06 bits per heavy atom. The van der Waals surface area contributed by atoms with Crippen molar-refractivity contribution in [2.75, 3.05) is 6.54 Å². The maximum Gasteiger partial charge on any atom is 0.128 e. The van der Waals surface area contributed by atoms with Crippen LogP contribution in [0.5, 0.6) is 0 Å². The number of fused-ring (bicyclic) bond motifs is 1. The van der Waals surface area contributed by atoms with Gasteiger partial charge >= 0.3 is 0 Å². The van der Waals surface area contributed by atoms with Gasteiger partial charge in [0.15, 0.2) is 0 Å². The summed E-state index contributed by atoms with van der Waals surface area (Å²) in [5.74, 6) is 1.09. The molecule has 0 spiro atoms. The molecular formula is C14H14N2. The lowest BCUT2D eigenvalue weighted by atomic mass is 10.1. The number of amidine groups is 1. The van der Waals surface area contributed by atoms with Crippen molar-refractivity contribution >= 4 is 5.84 Å². The molecule has 1 atom stereocenters. The summed E-state index contributed by atoms with van der Waals surface area (Å²) in [7, 11) is 0. The molecule has 0 aromatic heterocycles. The third-order valence-electron chi connectivity index (χ3n) is 3.11. The van der Waals surface area contributed by atoms with Crippen molar-refractivity contribution < 1.29 is 0 Å². The van der Waals surface area contributed by atoms with Crippen LogP contribution in [0.25, 0.3) is 0 Å². The zero-order valence-electron chi connectivity index (χ0n) is 9.30. The van der Waals surface area contributed by atoms with Crippen LogP contribution in [-0.4, -0.2) is 17.3 Å². The van der Waals surface area contributed by atoms with Gasteiger partial charge < -0.3 is 4.90 Å². The number of aliphatic imine (C=N–C) groups is 1. The smallest absolute Gasteiger partial charge is 0.128 e. The van der Waals surface area contributed by atoms with Crippen LogP contribution in [0.4, 0.5) is 0 Å². The van der Waals surface area contributed by atoms with Crippen LogP contribution in [0.1, 0.15) is 18.5 Å². The minimum Gasteiger partial charge on any atom is -0.328 e. The van der Waals surface area contributed by atoms with Gasteiger partial charge in [0.25, 0.3) is 0 Å². The highest BCUT2D eigenvalue weighted by molar-refractivity contribution is 5.97. The fraction of sp³-hybridized carbons (Fsp3) is 0.214. The van der Waals surface area contributed by atoms with Crippen LogP contribution >= 0.6 is 0 Å². The molecule has 0 saturated carbocycles. The molecule has 80 valence electrons. The van der Waals surface area contributed by atoms with Gasteiger partial charge in [0.1, 0.15) is 5.84 Å². The Morgan fingerprint density at radius 3 is 2.81 bits per heavy atom. The third kappa shape index (κ3) is 1.47. The molecule has 0 bridgehead atoms. The second-order valence-electron chi connectivity index (χ2n) is 4.19. The number of hydrogen-bond donors (Lipinski definition) is 0. The number of nitrogens with zero attached hydrogens (tertiary/aromatic N) is 2. The van der Waals surface area contributed by atoms with E-state index in [1.165, 1.54) is 11.3 Å². The summed E-state index contributed by atoms with van der Waals surface area (Å²) in [6.07, 6.45) is 6.28. The summed E-state index contributed by atoms with van der Waals surface area (Å²) in [6.45, 7) is 3.10. The lowest BCUT2D eigenvalue weighted by Crippen LogP contribution is -2.26. The Labute approximate surface area is 95.6 Å². The zero-order chi connectivity index (χ0) is 11.0. The Kier molecular flexibility index (Phi) is 2.13. The van der Waals surface area contributed by atoms with E-state index in [1.807, 2.05) is 6.07 Å². The molecule has 0 N–H and O–H groups in total. The fourth-order valence-electron chi connectivity index (χ4n) is 2.21. The molecule has 3 rings (SSSR count). The predicted molar refractivity (Wildman–Crippen MR) is 66.2 cm³/mol. The van der Waals surface area contributed by atoms with Crippen molar-refractivity contribution in [3.63, 3.8) is 0 Å². The maximum atomic E-state index is 4.75. The van der Waals surface area contributed by atoms with Gasteiger partial charge in [0.2, 0.25) is 0 Å². The average molecular weight is 210 g/mol. The number of hydrogen-bond acceptors (Lipinski definition) is 2. The van der Waals surface area contributed by atoms with E-state index in [0.29, 0.717) is 0 Å². The molecule has 1 aromatic carbocycles. The highest BCUT2D eigenvalue weighted by Gasteiger charge is 2.26. The van der Waals surface area contributed by atoms with E-state index in [-0.39, 0.29) is 6.04 Å². The number of benzene rings is 1. The van der Waals surface area contributed by atoms with E-state index < -0.39 is 0 Å². The molecular weight excluding hydrogens is 196 g/mol. The molecule has 2 heterocycles. The number of allylic oxidation sites excluding steroid dienone is 3. The van der Waals surface area contributed by atoms with Gasteiger partial charge in [0, 0.05) is 5.70 Å². The van der Waals surface area contributed by atoms with E-state index in [1.54, 1.807) is 0 Å². The highest BCUT2D eigenvalue weighted by atomic mass is 15.3. The summed E-state index contributed by atoms with van der Waals surface area (Å²) in [4.78, 5) is 7.02. The molecule has 0 amide bonds. The summed E-state index contributed by atoms with van der Waals surface area (Å²) in [5.41, 5.74) is 2.57. The van der Waals surface area contributed by atoms with Gasteiger partial charge in [0.05, 0.1) is 12.6 Å². The summed E-state index contributed by atoms with van der Waals surface area (Å²) in [5, 5.41) is 0. The minimum absolute atomic E-state index is 0.280. The first-order chi connectivity index (χ1) is 7.84. The number of rotatable bonds is 1. The molecule has 0 fully saturated rings. The third-order valence-corrected chi connectivity index (χ3v) is 3.11. The summed E-state index contributed by atoms with van der Waals surface area (Å²) in [6, 6.07) is 10.8. The fourth-order valence-corrected chi connectivity index (χ4v) is 2.21. The van der Waals surface area contributed by atoms with E-state index in [4.69, 9.17) is 4.99 Å². The summed E-state index contributed by atoms with van der Waals surface area (Å²) >= 11 is 0. The largest absolute Gasteiger partial charge is 0.328 e. The topological polar surface area (TPSA) is 15.6 Å². The van der Waals surface area contributed by atoms with E-state index in [2.05, 4.69) is 54.3 Å². The normalized spacial score (nSPS) is 22.8. The van der Waals surface area contributed by atoms with E-state index >= 15 is 0 Å². The van der Waals surface area contributed by atoms with Crippen LogP contribution in [0, 0.1) is 0 Å². The van der Waals surface area contributed by atoms with Crippen molar-refractivity contribution in [1.29, 1.82) is 0 Å². The molecule has 2 heteroatoms. The standard InChI is InChI=1S/C14H14N2/c1-11-6-5-9-14-15-13(10-16(11)14)12-7-3-2-4-8-12/h2-9,13H,10H2,1H3. The molecule has 16 heavy (non-hydrogen) atoms. The van der Waals surface area contributed by atoms with Crippen molar-refractivity contribution in [2.24, 2.45) is 4.99 Å². The molecule has 2 nitrogen and oxygen atoms in total. The van der Waals surface area contributed by atoms with Gasteiger partial charge in [-0.25, -0.2) is 0 Å². The van der Waals surface area contributed by atoms with Gasteiger partial charge in [-0.2, -0.15) is 0 Å². The van der Waals surface area contributed by atoms with Crippen LogP contribution < -0.4 is 0 Å². The highest BCUT2D eigenvalue weighted by Crippen LogP contribution is 2.28. The van der Waals surface area contributed by atoms with E-state index in [0.717, 1.165) is 12.4 Å². The second kappa shape index (κ2) is 3.63. The van der Waals surface area contributed by atoms with Gasteiger partial charge in [-0.05, 0) is 24.6 Å². The lowest BCUT2D eigenvalue weighted by Gasteiger charge is -2.22. The molecule has 1 unspecified atom stereocenters. The Bertz CT molecular complexity index is 483. The van der Waals surface area contributed by atoms with E-state index in [9.17, 15) is 0 Å². The first-order valence-electron chi connectivity index (χ1n) is 5.60. The second-order valence-corrected chi connectivity index (χ2v) is 4.19. The molecule has 0 saturated heterocycles. The van der Waals surface area contributed by atoms with Crippen LogP contribution in [0.15, 0.2) is 59.2 Å². The Morgan fingerprint density at radius 1 is 1.25 bits per heavy atom. The molecule has 2 aliphatic rings.